The molecule has 1 aliphatic rings. The number of ether oxygens (including phenoxy) is 1. The summed E-state index contributed by atoms with van der Waals surface area (Å²) in [5, 5.41) is 4.22. The van der Waals surface area contributed by atoms with E-state index in [2.05, 4.69) is 43.4 Å². The van der Waals surface area contributed by atoms with Gasteiger partial charge in [-0.15, -0.1) is 0 Å². The van der Waals surface area contributed by atoms with Crippen LogP contribution in [0, 0.1) is 6.92 Å². The predicted molar refractivity (Wildman–Crippen MR) is 87.3 cm³/mol. The summed E-state index contributed by atoms with van der Waals surface area (Å²) < 4.78 is 5.78. The smallest absolute Gasteiger partial charge is 0.123 e. The molecule has 3 rings (SSSR count). The van der Waals surface area contributed by atoms with Crippen LogP contribution in [0.3, 0.4) is 0 Å². The molecular weight excluding hydrogens is 282 g/mol. The highest BCUT2D eigenvalue weighted by Gasteiger charge is 2.22. The molecule has 0 aliphatic carbocycles. The molecule has 0 saturated heterocycles. The number of benzene rings is 2. The molecule has 2 aromatic rings. The first kappa shape index (κ1) is 14.4. The number of hydrogen-bond acceptors (Lipinski definition) is 2. The van der Waals surface area contributed by atoms with Gasteiger partial charge in [-0.2, -0.15) is 0 Å². The van der Waals surface area contributed by atoms with E-state index < -0.39 is 0 Å². The van der Waals surface area contributed by atoms with Crippen molar-refractivity contribution < 1.29 is 4.74 Å². The third-order valence-corrected chi connectivity index (χ3v) is 4.57. The molecule has 2 unspecified atom stereocenters. The maximum Gasteiger partial charge on any atom is 0.123 e. The normalized spacial score (nSPS) is 18.2. The van der Waals surface area contributed by atoms with Gasteiger partial charge in [0.1, 0.15) is 11.9 Å². The van der Waals surface area contributed by atoms with E-state index in [-0.39, 0.29) is 12.1 Å². The summed E-state index contributed by atoms with van der Waals surface area (Å²) in [5.74, 6) is 1.02. The van der Waals surface area contributed by atoms with Gasteiger partial charge in [-0.05, 0) is 55.3 Å². The quantitative estimate of drug-likeness (QED) is 0.913. The monoisotopic (exact) mass is 301 g/mol. The van der Waals surface area contributed by atoms with Crippen LogP contribution in [0.1, 0.15) is 35.2 Å². The van der Waals surface area contributed by atoms with Gasteiger partial charge in [0.05, 0.1) is 6.04 Å². The van der Waals surface area contributed by atoms with Crippen LogP contribution in [0.15, 0.2) is 36.4 Å². The molecule has 1 aliphatic heterocycles. The molecule has 2 nitrogen and oxygen atoms in total. The molecule has 21 heavy (non-hydrogen) atoms. The van der Waals surface area contributed by atoms with Gasteiger partial charge in [-0.3, -0.25) is 0 Å². The van der Waals surface area contributed by atoms with E-state index in [1.807, 2.05) is 19.2 Å². The first-order valence-corrected chi connectivity index (χ1v) is 7.69. The van der Waals surface area contributed by atoms with E-state index in [0.717, 1.165) is 22.8 Å². The van der Waals surface area contributed by atoms with Gasteiger partial charge in [-0.25, -0.2) is 0 Å². The summed E-state index contributed by atoms with van der Waals surface area (Å²) >= 11 is 6.27. The molecule has 0 aromatic heterocycles. The van der Waals surface area contributed by atoms with Crippen molar-refractivity contribution in [3.8, 4) is 5.75 Å². The van der Waals surface area contributed by atoms with Gasteiger partial charge in [0, 0.05) is 11.4 Å². The molecule has 0 saturated carbocycles. The molecule has 110 valence electrons. The Labute approximate surface area is 131 Å². The largest absolute Gasteiger partial charge is 0.490 e. The lowest BCUT2D eigenvalue weighted by molar-refractivity contribution is 0.254. The van der Waals surface area contributed by atoms with E-state index in [0.29, 0.717) is 0 Å². The molecule has 0 amide bonds. The highest BCUT2D eigenvalue weighted by Crippen LogP contribution is 2.34. The fourth-order valence-corrected chi connectivity index (χ4v) is 3.24. The van der Waals surface area contributed by atoms with E-state index in [1.54, 1.807) is 0 Å². The Morgan fingerprint density at radius 3 is 2.86 bits per heavy atom. The summed E-state index contributed by atoms with van der Waals surface area (Å²) in [6.07, 6.45) is 1.25. The van der Waals surface area contributed by atoms with Crippen molar-refractivity contribution in [1.29, 1.82) is 0 Å². The zero-order valence-electron chi connectivity index (χ0n) is 12.6. The molecule has 0 spiro atoms. The molecule has 0 fully saturated rings. The van der Waals surface area contributed by atoms with E-state index in [4.69, 9.17) is 16.3 Å². The van der Waals surface area contributed by atoms with Crippen LogP contribution in [-0.4, -0.2) is 13.2 Å². The van der Waals surface area contributed by atoms with Crippen molar-refractivity contribution in [2.45, 2.75) is 32.4 Å². The van der Waals surface area contributed by atoms with Crippen molar-refractivity contribution in [3.05, 3.63) is 63.7 Å². The molecule has 2 atom stereocenters. The first-order chi connectivity index (χ1) is 10.1. The van der Waals surface area contributed by atoms with Gasteiger partial charge in [0.25, 0.3) is 0 Å². The summed E-state index contributed by atoms with van der Waals surface area (Å²) in [6, 6.07) is 12.7. The van der Waals surface area contributed by atoms with Crippen LogP contribution in [0.2, 0.25) is 5.02 Å². The maximum atomic E-state index is 6.27. The number of hydrogen-bond donors (Lipinski definition) is 1. The Bertz CT molecular complexity index is 668. The average Bonchev–Trinajstić information content (AvgIpc) is 2.83. The topological polar surface area (TPSA) is 21.3 Å². The molecule has 1 N–H and O–H groups in total. The lowest BCUT2D eigenvalue weighted by atomic mass is 9.93. The standard InChI is InChI=1S/C18H20ClNO/c1-11-9-14-10-13(7-8-17(14)21-11)18(20-3)15-5-4-6-16(19)12(15)2/h4-8,10-11,18,20H,9H2,1-3H3. The van der Waals surface area contributed by atoms with Crippen LogP contribution in [0.4, 0.5) is 0 Å². The zero-order chi connectivity index (χ0) is 15.0. The van der Waals surface area contributed by atoms with E-state index in [9.17, 15) is 0 Å². The Morgan fingerprint density at radius 2 is 2.10 bits per heavy atom. The fraction of sp³-hybridized carbons (Fsp3) is 0.333. The third kappa shape index (κ3) is 2.66. The lowest BCUT2D eigenvalue weighted by Crippen LogP contribution is -2.18. The van der Waals surface area contributed by atoms with Crippen molar-refractivity contribution in [2.24, 2.45) is 0 Å². The van der Waals surface area contributed by atoms with Crippen molar-refractivity contribution in [1.82, 2.24) is 5.32 Å². The van der Waals surface area contributed by atoms with Gasteiger partial charge >= 0.3 is 0 Å². The van der Waals surface area contributed by atoms with Crippen LogP contribution in [-0.2, 0) is 6.42 Å². The van der Waals surface area contributed by atoms with Crippen molar-refractivity contribution in [2.75, 3.05) is 7.05 Å². The van der Waals surface area contributed by atoms with Crippen LogP contribution >= 0.6 is 11.6 Å². The summed E-state index contributed by atoms with van der Waals surface area (Å²) in [4.78, 5) is 0. The Morgan fingerprint density at radius 1 is 1.29 bits per heavy atom. The van der Waals surface area contributed by atoms with Gasteiger partial charge < -0.3 is 10.1 Å². The number of halogens is 1. The second-order valence-electron chi connectivity index (χ2n) is 5.68. The molecule has 0 bridgehead atoms. The predicted octanol–water partition coefficient (Wildman–Crippen LogP) is 4.28. The Balaban J connectivity index is 2.01. The van der Waals surface area contributed by atoms with Gasteiger partial charge in [0.2, 0.25) is 0 Å². The Hall–Kier alpha value is -1.51. The number of rotatable bonds is 3. The van der Waals surface area contributed by atoms with Crippen LogP contribution in [0.5, 0.6) is 5.75 Å². The maximum absolute atomic E-state index is 6.27. The fourth-order valence-electron chi connectivity index (χ4n) is 3.06. The van der Waals surface area contributed by atoms with E-state index >= 15 is 0 Å². The van der Waals surface area contributed by atoms with Crippen LogP contribution in [0.25, 0.3) is 0 Å². The number of fused-ring (bicyclic) bond motifs is 1. The Kier molecular flexibility index (Phi) is 3.92. The highest BCUT2D eigenvalue weighted by atomic mass is 35.5. The lowest BCUT2D eigenvalue weighted by Gasteiger charge is -2.20. The molecule has 0 radical (unpaired) electrons. The molecule has 3 heteroatoms. The first-order valence-electron chi connectivity index (χ1n) is 7.32. The minimum Gasteiger partial charge on any atom is -0.490 e. The zero-order valence-corrected chi connectivity index (χ0v) is 13.4. The molecule has 1 heterocycles. The van der Waals surface area contributed by atoms with Gasteiger partial charge in [0.15, 0.2) is 0 Å². The van der Waals surface area contributed by atoms with Crippen LogP contribution < -0.4 is 10.1 Å². The molecule has 2 aromatic carbocycles. The average molecular weight is 302 g/mol. The SMILES string of the molecule is CNC(c1ccc2c(c1)CC(C)O2)c1cccc(Cl)c1C. The summed E-state index contributed by atoms with van der Waals surface area (Å²) in [5.41, 5.74) is 4.89. The van der Waals surface area contributed by atoms with E-state index in [1.165, 1.54) is 16.7 Å². The third-order valence-electron chi connectivity index (χ3n) is 4.16. The second-order valence-corrected chi connectivity index (χ2v) is 6.08. The molecular formula is C18H20ClNO. The minimum atomic E-state index is 0.143. The van der Waals surface area contributed by atoms with Crippen molar-refractivity contribution in [3.63, 3.8) is 0 Å². The number of nitrogens with one attached hydrogen (secondary N) is 1. The summed E-state index contributed by atoms with van der Waals surface area (Å²) in [6.45, 7) is 4.18. The minimum absolute atomic E-state index is 0.143. The highest BCUT2D eigenvalue weighted by molar-refractivity contribution is 6.31. The second kappa shape index (κ2) is 5.70. The van der Waals surface area contributed by atoms with Gasteiger partial charge in [-0.1, -0.05) is 35.9 Å². The van der Waals surface area contributed by atoms with Crippen molar-refractivity contribution >= 4 is 11.6 Å². The summed E-state index contributed by atoms with van der Waals surface area (Å²) in [7, 11) is 1.98.